The number of hydrogen-bond acceptors (Lipinski definition) is 5. The minimum atomic E-state index is -0.500. The van der Waals surface area contributed by atoms with Crippen molar-refractivity contribution >= 4 is 29.7 Å². The summed E-state index contributed by atoms with van der Waals surface area (Å²) in [7, 11) is 0. The second-order valence-corrected chi connectivity index (χ2v) is 3.27. The third-order valence-corrected chi connectivity index (χ3v) is 2.01. The number of halogens is 1. The van der Waals surface area contributed by atoms with E-state index in [1.54, 1.807) is 18.2 Å². The molecule has 0 heterocycles. The molecule has 1 rings (SSSR count). The van der Waals surface area contributed by atoms with Crippen molar-refractivity contribution in [2.75, 3.05) is 25.0 Å². The quantitative estimate of drug-likeness (QED) is 0.517. The summed E-state index contributed by atoms with van der Waals surface area (Å²) in [6, 6.07) is 6.15. The number of anilines is 1. The molecule has 7 nitrogen and oxygen atoms in total. The molecule has 1 amide bonds. The molecule has 0 bridgehead atoms. The van der Waals surface area contributed by atoms with Crippen LogP contribution in [0.5, 0.6) is 0 Å². The zero-order valence-electron chi connectivity index (χ0n) is 9.59. The first-order chi connectivity index (χ1) is 8.15. The van der Waals surface area contributed by atoms with Gasteiger partial charge in [0.05, 0.1) is 11.5 Å². The molecule has 4 N–H and O–H groups in total. The highest BCUT2D eigenvalue weighted by Gasteiger charge is 2.12. The largest absolute Gasteiger partial charge is 0.371 e. The number of carbonyl (C=O) groups is 1. The smallest absolute Gasteiger partial charge is 0.292 e. The minimum absolute atomic E-state index is 0. The van der Waals surface area contributed by atoms with Crippen molar-refractivity contribution in [1.82, 2.24) is 5.32 Å². The number of nitro benzene ring substituents is 1. The number of amides is 1. The minimum Gasteiger partial charge on any atom is -0.371 e. The van der Waals surface area contributed by atoms with Crippen LogP contribution in [0, 0.1) is 10.1 Å². The third kappa shape index (κ3) is 4.98. The maximum atomic E-state index is 11.3. The Balaban J connectivity index is 0.00000289. The number of nitro groups is 1. The molecule has 18 heavy (non-hydrogen) atoms. The fourth-order valence-corrected chi connectivity index (χ4v) is 1.23. The zero-order chi connectivity index (χ0) is 12.7. The van der Waals surface area contributed by atoms with E-state index in [1.165, 1.54) is 6.07 Å². The van der Waals surface area contributed by atoms with Gasteiger partial charge in [-0.25, -0.2) is 0 Å². The Bertz CT molecular complexity index is 414. The SMILES string of the molecule is Cl.NCCNC(=O)CNc1ccccc1[N+](=O)[O-]. The summed E-state index contributed by atoms with van der Waals surface area (Å²) < 4.78 is 0. The van der Waals surface area contributed by atoms with Gasteiger partial charge in [-0.3, -0.25) is 14.9 Å². The van der Waals surface area contributed by atoms with Crippen LogP contribution in [-0.2, 0) is 4.79 Å². The molecule has 0 aliphatic carbocycles. The van der Waals surface area contributed by atoms with Gasteiger partial charge in [0.25, 0.3) is 5.69 Å². The van der Waals surface area contributed by atoms with Crippen molar-refractivity contribution < 1.29 is 9.72 Å². The zero-order valence-corrected chi connectivity index (χ0v) is 10.4. The van der Waals surface area contributed by atoms with Gasteiger partial charge in [-0.15, -0.1) is 12.4 Å². The van der Waals surface area contributed by atoms with E-state index in [2.05, 4.69) is 10.6 Å². The molecule has 0 radical (unpaired) electrons. The van der Waals surface area contributed by atoms with Crippen LogP contribution in [0.1, 0.15) is 0 Å². The molecule has 100 valence electrons. The van der Waals surface area contributed by atoms with Crippen molar-refractivity contribution in [3.8, 4) is 0 Å². The summed E-state index contributed by atoms with van der Waals surface area (Å²) in [5.74, 6) is -0.256. The number of hydrogen-bond donors (Lipinski definition) is 3. The molecule has 0 saturated heterocycles. The van der Waals surface area contributed by atoms with Gasteiger partial charge in [0.2, 0.25) is 5.91 Å². The van der Waals surface area contributed by atoms with Crippen LogP contribution in [0.3, 0.4) is 0 Å². The summed E-state index contributed by atoms with van der Waals surface area (Å²) in [5, 5.41) is 16.0. The van der Waals surface area contributed by atoms with E-state index in [1.807, 2.05) is 0 Å². The summed E-state index contributed by atoms with van der Waals surface area (Å²) >= 11 is 0. The maximum absolute atomic E-state index is 11.3. The lowest BCUT2D eigenvalue weighted by Gasteiger charge is -2.07. The van der Waals surface area contributed by atoms with Gasteiger partial charge in [-0.05, 0) is 6.07 Å². The van der Waals surface area contributed by atoms with Gasteiger partial charge < -0.3 is 16.4 Å². The van der Waals surface area contributed by atoms with Crippen LogP contribution in [0.25, 0.3) is 0 Å². The molecule has 0 spiro atoms. The van der Waals surface area contributed by atoms with E-state index < -0.39 is 4.92 Å². The Morgan fingerprint density at radius 3 is 2.67 bits per heavy atom. The Morgan fingerprint density at radius 1 is 1.39 bits per heavy atom. The lowest BCUT2D eigenvalue weighted by molar-refractivity contribution is -0.383. The van der Waals surface area contributed by atoms with Crippen LogP contribution in [-0.4, -0.2) is 30.5 Å². The lowest BCUT2D eigenvalue weighted by Crippen LogP contribution is -2.33. The van der Waals surface area contributed by atoms with E-state index in [0.717, 1.165) is 0 Å². The number of para-hydroxylation sites is 2. The van der Waals surface area contributed by atoms with Crippen molar-refractivity contribution in [2.24, 2.45) is 5.73 Å². The van der Waals surface area contributed by atoms with E-state index in [9.17, 15) is 14.9 Å². The summed E-state index contributed by atoms with van der Waals surface area (Å²) in [4.78, 5) is 21.4. The first-order valence-corrected chi connectivity index (χ1v) is 5.09. The highest BCUT2D eigenvalue weighted by Crippen LogP contribution is 2.22. The number of carbonyl (C=O) groups excluding carboxylic acids is 1. The average molecular weight is 275 g/mol. The molecule has 1 aromatic rings. The number of benzene rings is 1. The molecule has 0 atom stereocenters. The van der Waals surface area contributed by atoms with Gasteiger partial charge >= 0.3 is 0 Å². The van der Waals surface area contributed by atoms with E-state index in [-0.39, 0.29) is 30.5 Å². The molecule has 1 aromatic carbocycles. The molecular weight excluding hydrogens is 260 g/mol. The first-order valence-electron chi connectivity index (χ1n) is 5.09. The Hall–Kier alpha value is -1.86. The summed E-state index contributed by atoms with van der Waals surface area (Å²) in [6.45, 7) is 0.722. The number of rotatable bonds is 6. The number of nitrogens with one attached hydrogen (secondary N) is 2. The molecule has 0 aromatic heterocycles. The highest BCUT2D eigenvalue weighted by molar-refractivity contribution is 5.85. The molecule has 0 fully saturated rings. The monoisotopic (exact) mass is 274 g/mol. The molecule has 0 unspecified atom stereocenters. The van der Waals surface area contributed by atoms with Crippen LogP contribution < -0.4 is 16.4 Å². The molecule has 0 aliphatic rings. The molecular formula is C10H15ClN4O3. The van der Waals surface area contributed by atoms with Gasteiger partial charge in [0.1, 0.15) is 5.69 Å². The van der Waals surface area contributed by atoms with Gasteiger partial charge in [-0.2, -0.15) is 0 Å². The second kappa shape index (κ2) is 8.26. The van der Waals surface area contributed by atoms with E-state index in [0.29, 0.717) is 18.8 Å². The van der Waals surface area contributed by atoms with Gasteiger partial charge in [-0.1, -0.05) is 12.1 Å². The Labute approximate surface area is 110 Å². The van der Waals surface area contributed by atoms with Crippen LogP contribution >= 0.6 is 12.4 Å². The Morgan fingerprint density at radius 2 is 2.06 bits per heavy atom. The third-order valence-electron chi connectivity index (χ3n) is 2.01. The van der Waals surface area contributed by atoms with Crippen LogP contribution in [0.15, 0.2) is 24.3 Å². The van der Waals surface area contributed by atoms with E-state index >= 15 is 0 Å². The Kier molecular flexibility index (Phi) is 7.41. The van der Waals surface area contributed by atoms with Crippen molar-refractivity contribution in [1.29, 1.82) is 0 Å². The van der Waals surface area contributed by atoms with Crippen LogP contribution in [0.2, 0.25) is 0 Å². The fraction of sp³-hybridized carbons (Fsp3) is 0.300. The maximum Gasteiger partial charge on any atom is 0.292 e. The normalized spacial score (nSPS) is 9.17. The summed E-state index contributed by atoms with van der Waals surface area (Å²) in [5.41, 5.74) is 5.49. The van der Waals surface area contributed by atoms with E-state index in [4.69, 9.17) is 5.73 Å². The second-order valence-electron chi connectivity index (χ2n) is 3.27. The van der Waals surface area contributed by atoms with Crippen molar-refractivity contribution in [3.63, 3.8) is 0 Å². The first kappa shape index (κ1) is 16.1. The predicted octanol–water partition coefficient (Wildman–Crippen LogP) is 0.503. The lowest BCUT2D eigenvalue weighted by atomic mass is 10.2. The number of nitrogens with two attached hydrogens (primary N) is 1. The fourth-order valence-electron chi connectivity index (χ4n) is 1.23. The summed E-state index contributed by atoms with van der Waals surface area (Å²) in [6.07, 6.45) is 0. The number of nitrogens with zero attached hydrogens (tertiary/aromatic N) is 1. The van der Waals surface area contributed by atoms with Crippen molar-refractivity contribution in [3.05, 3.63) is 34.4 Å². The van der Waals surface area contributed by atoms with Crippen molar-refractivity contribution in [2.45, 2.75) is 0 Å². The van der Waals surface area contributed by atoms with Gasteiger partial charge in [0.15, 0.2) is 0 Å². The standard InChI is InChI=1S/C10H14N4O3.ClH/c11-5-6-12-10(15)7-13-8-3-1-2-4-9(8)14(16)17;/h1-4,13H,5-7,11H2,(H,12,15);1H. The molecule has 8 heteroatoms. The highest BCUT2D eigenvalue weighted by atomic mass is 35.5. The average Bonchev–Trinajstić information content (AvgIpc) is 2.34. The molecule has 0 aliphatic heterocycles. The topological polar surface area (TPSA) is 110 Å². The van der Waals surface area contributed by atoms with Crippen LogP contribution in [0.4, 0.5) is 11.4 Å². The molecule has 0 saturated carbocycles. The van der Waals surface area contributed by atoms with Gasteiger partial charge in [0, 0.05) is 19.2 Å². The predicted molar refractivity (Wildman–Crippen MR) is 70.9 cm³/mol.